The van der Waals surface area contributed by atoms with Crippen molar-refractivity contribution in [2.75, 3.05) is 13.7 Å². The zero-order chi connectivity index (χ0) is 26.4. The molecule has 1 aliphatic rings. The van der Waals surface area contributed by atoms with Gasteiger partial charge in [0.25, 0.3) is 0 Å². The summed E-state index contributed by atoms with van der Waals surface area (Å²) in [5.74, 6) is 2.18. The van der Waals surface area contributed by atoms with Gasteiger partial charge in [0.2, 0.25) is 0 Å². The number of rotatable bonds is 7. The minimum absolute atomic E-state index is 0.191. The lowest BCUT2D eigenvalue weighted by molar-refractivity contribution is 0.255. The molecule has 0 saturated carbocycles. The molecule has 0 radical (unpaired) electrons. The number of pyridine rings is 1. The van der Waals surface area contributed by atoms with Gasteiger partial charge < -0.3 is 24.3 Å². The van der Waals surface area contributed by atoms with Crippen LogP contribution >= 0.6 is 0 Å². The smallest absolute Gasteiger partial charge is 0.327 e. The summed E-state index contributed by atoms with van der Waals surface area (Å²) in [6.45, 7) is 7.37. The van der Waals surface area contributed by atoms with E-state index >= 15 is 0 Å². The highest BCUT2D eigenvalue weighted by atomic mass is 16.5. The summed E-state index contributed by atoms with van der Waals surface area (Å²) in [7, 11) is 1.67. The number of aromatic nitrogens is 4. The summed E-state index contributed by atoms with van der Waals surface area (Å²) < 4.78 is 19.0. The molecule has 9 heteroatoms. The van der Waals surface area contributed by atoms with Crippen molar-refractivity contribution in [2.24, 2.45) is 0 Å². The first-order valence-electron chi connectivity index (χ1n) is 12.6. The van der Waals surface area contributed by atoms with E-state index in [2.05, 4.69) is 39.5 Å². The van der Waals surface area contributed by atoms with Crippen molar-refractivity contribution in [1.82, 2.24) is 25.0 Å². The predicted octanol–water partition coefficient (Wildman–Crippen LogP) is 4.59. The molecule has 4 heterocycles. The third-order valence-corrected chi connectivity index (χ3v) is 7.24. The van der Waals surface area contributed by atoms with Crippen molar-refractivity contribution in [3.05, 3.63) is 93.0 Å². The van der Waals surface area contributed by atoms with Gasteiger partial charge >= 0.3 is 5.69 Å². The molecule has 0 unspecified atom stereocenters. The normalized spacial score (nSPS) is 14.6. The molecule has 9 nitrogen and oxygen atoms in total. The molecular weight excluding hydrogens is 482 g/mol. The Hall–Kier alpha value is -4.37. The number of nitrogens with one attached hydrogen (secondary N) is 2. The summed E-state index contributed by atoms with van der Waals surface area (Å²) in [6.07, 6.45) is 1.73. The van der Waals surface area contributed by atoms with Gasteiger partial charge in [0.15, 0.2) is 5.75 Å². The summed E-state index contributed by atoms with van der Waals surface area (Å²) in [6, 6.07) is 13.5. The van der Waals surface area contributed by atoms with Gasteiger partial charge in [-0.25, -0.2) is 4.79 Å². The van der Waals surface area contributed by atoms with Crippen molar-refractivity contribution in [3.63, 3.8) is 0 Å². The number of benzene rings is 2. The second-order valence-electron chi connectivity index (χ2n) is 9.61. The number of H-pyrrole nitrogens is 1. The molecule has 1 atom stereocenters. The molecule has 3 aromatic heterocycles. The average Bonchev–Trinajstić information content (AvgIpc) is 3.46. The van der Waals surface area contributed by atoms with Crippen LogP contribution in [0.25, 0.3) is 22.2 Å². The topological polar surface area (TPSA) is 107 Å². The van der Waals surface area contributed by atoms with E-state index in [0.29, 0.717) is 31.2 Å². The fourth-order valence-electron chi connectivity index (χ4n) is 5.33. The molecule has 0 aliphatic carbocycles. The molecular formula is C29H29N5O4. The summed E-state index contributed by atoms with van der Waals surface area (Å²) >= 11 is 0. The Morgan fingerprint density at radius 1 is 1.13 bits per heavy atom. The van der Waals surface area contributed by atoms with Gasteiger partial charge in [0.1, 0.15) is 29.7 Å². The van der Waals surface area contributed by atoms with Gasteiger partial charge in [0, 0.05) is 24.8 Å². The van der Waals surface area contributed by atoms with E-state index in [-0.39, 0.29) is 11.7 Å². The molecule has 5 aromatic rings. The third-order valence-electron chi connectivity index (χ3n) is 7.24. The van der Waals surface area contributed by atoms with Gasteiger partial charge in [-0.2, -0.15) is 0 Å². The quantitative estimate of drug-likeness (QED) is 0.329. The maximum Gasteiger partial charge on any atom is 0.327 e. The van der Waals surface area contributed by atoms with Crippen molar-refractivity contribution < 1.29 is 14.0 Å². The van der Waals surface area contributed by atoms with E-state index in [1.165, 1.54) is 5.56 Å². The molecule has 0 bridgehead atoms. The first-order valence-corrected chi connectivity index (χ1v) is 12.6. The zero-order valence-corrected chi connectivity index (χ0v) is 21.8. The van der Waals surface area contributed by atoms with Crippen LogP contribution in [0.2, 0.25) is 0 Å². The first kappa shape index (κ1) is 24.0. The minimum atomic E-state index is -0.340. The fraction of sp³-hybridized carbons (Fsp3) is 0.276. The van der Waals surface area contributed by atoms with Crippen LogP contribution in [0, 0.1) is 20.8 Å². The molecule has 194 valence electrons. The molecule has 0 fully saturated rings. The van der Waals surface area contributed by atoms with Crippen LogP contribution in [-0.2, 0) is 13.1 Å². The van der Waals surface area contributed by atoms with Crippen LogP contribution in [0.5, 0.6) is 11.5 Å². The summed E-state index contributed by atoms with van der Waals surface area (Å²) in [5.41, 5.74) is 7.85. The van der Waals surface area contributed by atoms with E-state index in [1.54, 1.807) is 17.9 Å². The predicted molar refractivity (Wildman–Crippen MR) is 144 cm³/mol. The summed E-state index contributed by atoms with van der Waals surface area (Å²) in [5, 5.41) is 7.72. The summed E-state index contributed by atoms with van der Waals surface area (Å²) in [4.78, 5) is 21.0. The van der Waals surface area contributed by atoms with Crippen LogP contribution in [0.1, 0.15) is 39.9 Å². The van der Waals surface area contributed by atoms with Crippen molar-refractivity contribution >= 4 is 11.0 Å². The molecule has 1 aliphatic heterocycles. The van der Waals surface area contributed by atoms with Gasteiger partial charge in [0.05, 0.1) is 29.6 Å². The lowest BCUT2D eigenvalue weighted by atomic mass is 9.97. The van der Waals surface area contributed by atoms with E-state index < -0.39 is 0 Å². The van der Waals surface area contributed by atoms with E-state index in [0.717, 1.165) is 50.4 Å². The Morgan fingerprint density at radius 2 is 1.97 bits per heavy atom. The molecule has 2 aromatic carbocycles. The Kier molecular flexibility index (Phi) is 6.00. The maximum atomic E-state index is 13.4. The number of aryl methyl sites for hydroxylation is 3. The van der Waals surface area contributed by atoms with Gasteiger partial charge in [-0.3, -0.25) is 9.55 Å². The molecule has 38 heavy (non-hydrogen) atoms. The number of hydrogen-bond acceptors (Lipinski definition) is 7. The second-order valence-corrected chi connectivity index (χ2v) is 9.61. The standard InChI is InChI=1S/C29H29N5O4/c1-16-11-21(36-4)9-8-19(16)13-30-14-20-12-22(25-17(2)33-38-18(25)3)28-27-26(20)32-29(35)34(27)24(15-37-28)23-7-5-6-10-31-23/h5-12,24,30H,13-15H2,1-4H3,(H,32,35)/t24-/m1/s1. The van der Waals surface area contributed by atoms with Crippen LogP contribution in [0.3, 0.4) is 0 Å². The van der Waals surface area contributed by atoms with Crippen LogP contribution in [0.15, 0.2) is 58.0 Å². The van der Waals surface area contributed by atoms with Gasteiger partial charge in [-0.1, -0.05) is 17.3 Å². The van der Waals surface area contributed by atoms with Gasteiger partial charge in [-0.15, -0.1) is 0 Å². The van der Waals surface area contributed by atoms with Crippen LogP contribution < -0.4 is 20.5 Å². The number of methoxy groups -OCH3 is 1. The van der Waals surface area contributed by atoms with Crippen molar-refractivity contribution in [2.45, 2.75) is 39.9 Å². The van der Waals surface area contributed by atoms with Crippen LogP contribution in [-0.4, -0.2) is 33.4 Å². The minimum Gasteiger partial charge on any atom is -0.497 e. The highest BCUT2D eigenvalue weighted by Crippen LogP contribution is 2.44. The number of hydrogen-bond donors (Lipinski definition) is 2. The lowest BCUT2D eigenvalue weighted by Crippen LogP contribution is -2.31. The molecule has 6 rings (SSSR count). The number of ether oxygens (including phenoxy) is 2. The Morgan fingerprint density at radius 3 is 2.68 bits per heavy atom. The SMILES string of the molecule is COc1ccc(CNCc2cc(-c3c(C)noc3C)c3c4c2[nH]c(=O)n4[C@@H](c2ccccn2)CO3)c(C)c1. The van der Waals surface area contributed by atoms with Gasteiger partial charge in [-0.05, 0) is 67.8 Å². The largest absolute Gasteiger partial charge is 0.497 e. The first-order chi connectivity index (χ1) is 18.5. The molecule has 0 spiro atoms. The monoisotopic (exact) mass is 511 g/mol. The number of aromatic amines is 1. The Bertz CT molecular complexity index is 1680. The molecule has 0 saturated heterocycles. The molecule has 2 N–H and O–H groups in total. The average molecular weight is 512 g/mol. The van der Waals surface area contributed by atoms with E-state index in [9.17, 15) is 4.79 Å². The zero-order valence-electron chi connectivity index (χ0n) is 21.8. The fourth-order valence-corrected chi connectivity index (χ4v) is 5.33. The Balaban J connectivity index is 1.46. The number of nitrogens with zero attached hydrogens (tertiary/aromatic N) is 3. The number of imidazole rings is 1. The highest BCUT2D eigenvalue weighted by molar-refractivity contribution is 5.94. The lowest BCUT2D eigenvalue weighted by Gasteiger charge is -2.27. The highest BCUT2D eigenvalue weighted by Gasteiger charge is 2.32. The maximum absolute atomic E-state index is 13.4. The van der Waals surface area contributed by atoms with Crippen molar-refractivity contribution in [3.8, 4) is 22.6 Å². The molecule has 0 amide bonds. The van der Waals surface area contributed by atoms with E-state index in [1.807, 2.05) is 44.2 Å². The van der Waals surface area contributed by atoms with Crippen molar-refractivity contribution in [1.29, 1.82) is 0 Å². The second kappa shape index (κ2) is 9.50. The van der Waals surface area contributed by atoms with Crippen LogP contribution in [0.4, 0.5) is 0 Å². The third kappa shape index (κ3) is 3.95. The Labute approximate surface area is 219 Å². The van der Waals surface area contributed by atoms with E-state index in [4.69, 9.17) is 14.0 Å².